The number of para-hydroxylation sites is 1. The van der Waals surface area contributed by atoms with Gasteiger partial charge >= 0.3 is 0 Å². The SMILES string of the molecule is COc1ncnc(N)c1CN(C)C(C)C1Cc2ccccc2O1. The summed E-state index contributed by atoms with van der Waals surface area (Å²) in [6.07, 6.45) is 2.45. The van der Waals surface area contributed by atoms with Crippen molar-refractivity contribution in [3.63, 3.8) is 0 Å². The van der Waals surface area contributed by atoms with Crippen LogP contribution in [0.5, 0.6) is 11.6 Å². The van der Waals surface area contributed by atoms with Crippen molar-refractivity contribution in [3.8, 4) is 11.6 Å². The first kappa shape index (κ1) is 15.6. The number of rotatable bonds is 5. The molecule has 122 valence electrons. The maximum absolute atomic E-state index is 6.08. The summed E-state index contributed by atoms with van der Waals surface area (Å²) in [5.74, 6) is 1.96. The van der Waals surface area contributed by atoms with E-state index in [0.29, 0.717) is 18.2 Å². The van der Waals surface area contributed by atoms with Crippen LogP contribution < -0.4 is 15.2 Å². The predicted molar refractivity (Wildman–Crippen MR) is 88.5 cm³/mol. The molecule has 0 radical (unpaired) electrons. The van der Waals surface area contributed by atoms with Crippen molar-refractivity contribution in [1.29, 1.82) is 0 Å². The Kier molecular flexibility index (Phi) is 4.34. The molecule has 0 spiro atoms. The number of nitrogens with two attached hydrogens (primary N) is 1. The second-order valence-electron chi connectivity index (χ2n) is 5.87. The van der Waals surface area contributed by atoms with E-state index in [4.69, 9.17) is 15.2 Å². The summed E-state index contributed by atoms with van der Waals surface area (Å²) in [5.41, 5.74) is 8.05. The zero-order valence-electron chi connectivity index (χ0n) is 13.7. The first-order valence-electron chi connectivity index (χ1n) is 7.68. The molecule has 0 aliphatic carbocycles. The third-order valence-electron chi connectivity index (χ3n) is 4.45. The van der Waals surface area contributed by atoms with Gasteiger partial charge in [-0.15, -0.1) is 0 Å². The Morgan fingerprint density at radius 1 is 1.39 bits per heavy atom. The summed E-state index contributed by atoms with van der Waals surface area (Å²) < 4.78 is 11.4. The minimum absolute atomic E-state index is 0.120. The van der Waals surface area contributed by atoms with Crippen molar-refractivity contribution in [2.45, 2.75) is 32.0 Å². The molecule has 2 atom stereocenters. The predicted octanol–water partition coefficient (Wildman–Crippen LogP) is 1.89. The first-order chi connectivity index (χ1) is 11.1. The fraction of sp³-hybridized carbons (Fsp3) is 0.412. The minimum atomic E-state index is 0.120. The number of hydrogen-bond acceptors (Lipinski definition) is 6. The van der Waals surface area contributed by atoms with E-state index in [1.807, 2.05) is 25.2 Å². The number of methoxy groups -OCH3 is 1. The van der Waals surface area contributed by atoms with Crippen molar-refractivity contribution in [2.24, 2.45) is 0 Å². The Morgan fingerprint density at radius 2 is 2.17 bits per heavy atom. The molecule has 3 rings (SSSR count). The van der Waals surface area contributed by atoms with E-state index in [2.05, 4.69) is 27.9 Å². The number of ether oxygens (including phenoxy) is 2. The van der Waals surface area contributed by atoms with Gasteiger partial charge in [-0.3, -0.25) is 4.90 Å². The summed E-state index contributed by atoms with van der Waals surface area (Å²) >= 11 is 0. The molecular weight excluding hydrogens is 292 g/mol. The molecule has 2 N–H and O–H groups in total. The number of fused-ring (bicyclic) bond motifs is 1. The average molecular weight is 314 g/mol. The molecule has 23 heavy (non-hydrogen) atoms. The molecule has 2 heterocycles. The van der Waals surface area contributed by atoms with Crippen molar-refractivity contribution < 1.29 is 9.47 Å². The van der Waals surface area contributed by atoms with Gasteiger partial charge in [-0.25, -0.2) is 9.97 Å². The smallest absolute Gasteiger partial charge is 0.222 e. The molecule has 1 aliphatic heterocycles. The van der Waals surface area contributed by atoms with E-state index in [-0.39, 0.29) is 12.1 Å². The van der Waals surface area contributed by atoms with Crippen LogP contribution in [-0.2, 0) is 13.0 Å². The summed E-state index contributed by atoms with van der Waals surface area (Å²) in [5, 5.41) is 0. The van der Waals surface area contributed by atoms with Crippen LogP contribution in [0, 0.1) is 0 Å². The number of nitrogens with zero attached hydrogens (tertiary/aromatic N) is 3. The lowest BCUT2D eigenvalue weighted by molar-refractivity contribution is 0.104. The molecule has 0 saturated heterocycles. The van der Waals surface area contributed by atoms with Crippen LogP contribution in [0.2, 0.25) is 0 Å². The van der Waals surface area contributed by atoms with E-state index < -0.39 is 0 Å². The van der Waals surface area contributed by atoms with Crippen LogP contribution >= 0.6 is 0 Å². The molecule has 2 aromatic rings. The third-order valence-corrected chi connectivity index (χ3v) is 4.45. The highest BCUT2D eigenvalue weighted by atomic mass is 16.5. The fourth-order valence-electron chi connectivity index (χ4n) is 2.89. The Balaban J connectivity index is 1.71. The topological polar surface area (TPSA) is 73.5 Å². The number of likely N-dealkylation sites (N-methyl/N-ethyl adjacent to an activating group) is 1. The summed E-state index contributed by atoms with van der Waals surface area (Å²) in [7, 11) is 3.63. The van der Waals surface area contributed by atoms with Gasteiger partial charge in [0.2, 0.25) is 5.88 Å². The quantitative estimate of drug-likeness (QED) is 0.908. The van der Waals surface area contributed by atoms with Gasteiger partial charge in [-0.05, 0) is 25.6 Å². The Labute approximate surface area is 136 Å². The van der Waals surface area contributed by atoms with Crippen molar-refractivity contribution in [2.75, 3.05) is 19.9 Å². The van der Waals surface area contributed by atoms with Gasteiger partial charge < -0.3 is 15.2 Å². The highest BCUT2D eigenvalue weighted by Crippen LogP contribution is 2.31. The Bertz CT molecular complexity index is 667. The van der Waals surface area contributed by atoms with Gasteiger partial charge in [-0.1, -0.05) is 18.2 Å². The van der Waals surface area contributed by atoms with Crippen LogP contribution in [0.1, 0.15) is 18.1 Å². The van der Waals surface area contributed by atoms with Crippen LogP contribution in [0.3, 0.4) is 0 Å². The molecule has 1 aromatic heterocycles. The van der Waals surface area contributed by atoms with Crippen LogP contribution in [0.4, 0.5) is 5.82 Å². The van der Waals surface area contributed by atoms with E-state index in [1.54, 1.807) is 7.11 Å². The van der Waals surface area contributed by atoms with Gasteiger partial charge in [-0.2, -0.15) is 0 Å². The first-order valence-corrected chi connectivity index (χ1v) is 7.68. The van der Waals surface area contributed by atoms with Crippen LogP contribution in [0.15, 0.2) is 30.6 Å². The molecule has 1 aliphatic rings. The molecule has 2 unspecified atom stereocenters. The highest BCUT2D eigenvalue weighted by Gasteiger charge is 2.30. The standard InChI is InChI=1S/C17H22N4O2/c1-11(15-8-12-6-4-5-7-14(12)23-15)21(2)9-13-16(18)19-10-20-17(13)22-3/h4-7,10-11,15H,8-9H2,1-3H3,(H2,18,19,20). The van der Waals surface area contributed by atoms with E-state index in [9.17, 15) is 0 Å². The highest BCUT2D eigenvalue weighted by molar-refractivity contribution is 5.44. The molecule has 0 amide bonds. The second-order valence-corrected chi connectivity index (χ2v) is 5.87. The lowest BCUT2D eigenvalue weighted by atomic mass is 10.0. The molecule has 6 heteroatoms. The maximum atomic E-state index is 6.08. The van der Waals surface area contributed by atoms with Gasteiger partial charge in [0, 0.05) is 19.0 Å². The van der Waals surface area contributed by atoms with E-state index in [0.717, 1.165) is 17.7 Å². The van der Waals surface area contributed by atoms with E-state index in [1.165, 1.54) is 11.9 Å². The molecule has 1 aromatic carbocycles. The Hall–Kier alpha value is -2.34. The second kappa shape index (κ2) is 6.42. The van der Waals surface area contributed by atoms with Gasteiger partial charge in [0.15, 0.2) is 0 Å². The normalized spacial score (nSPS) is 17.7. The minimum Gasteiger partial charge on any atom is -0.488 e. The number of aromatic nitrogens is 2. The number of anilines is 1. The molecule has 0 saturated carbocycles. The van der Waals surface area contributed by atoms with Gasteiger partial charge in [0.05, 0.1) is 12.7 Å². The largest absolute Gasteiger partial charge is 0.488 e. The van der Waals surface area contributed by atoms with Crippen LogP contribution in [-0.4, -0.2) is 41.2 Å². The fourth-order valence-corrected chi connectivity index (χ4v) is 2.89. The van der Waals surface area contributed by atoms with Gasteiger partial charge in [0.1, 0.15) is 24.0 Å². The van der Waals surface area contributed by atoms with Crippen molar-refractivity contribution >= 4 is 5.82 Å². The summed E-state index contributed by atoms with van der Waals surface area (Å²) in [6, 6.07) is 8.41. The monoisotopic (exact) mass is 314 g/mol. The molecule has 6 nitrogen and oxygen atoms in total. The summed E-state index contributed by atoms with van der Waals surface area (Å²) in [4.78, 5) is 10.4. The number of nitrogen functional groups attached to an aromatic ring is 1. The number of benzene rings is 1. The lowest BCUT2D eigenvalue weighted by Crippen LogP contribution is -2.41. The van der Waals surface area contributed by atoms with E-state index >= 15 is 0 Å². The van der Waals surface area contributed by atoms with Crippen molar-refractivity contribution in [1.82, 2.24) is 14.9 Å². The third kappa shape index (κ3) is 3.07. The van der Waals surface area contributed by atoms with Gasteiger partial charge in [0.25, 0.3) is 0 Å². The summed E-state index contributed by atoms with van der Waals surface area (Å²) in [6.45, 7) is 2.76. The Morgan fingerprint density at radius 3 is 2.91 bits per heavy atom. The van der Waals surface area contributed by atoms with Crippen molar-refractivity contribution in [3.05, 3.63) is 41.7 Å². The zero-order valence-corrected chi connectivity index (χ0v) is 13.7. The lowest BCUT2D eigenvalue weighted by Gasteiger charge is -2.29. The van der Waals surface area contributed by atoms with Crippen LogP contribution in [0.25, 0.3) is 0 Å². The number of hydrogen-bond donors (Lipinski definition) is 1. The zero-order chi connectivity index (χ0) is 16.4. The molecule has 0 bridgehead atoms. The average Bonchev–Trinajstić information content (AvgIpc) is 2.99. The molecular formula is C17H22N4O2. The maximum Gasteiger partial charge on any atom is 0.222 e. The molecule has 0 fully saturated rings.